The molecule has 1 aliphatic rings. The quantitative estimate of drug-likeness (QED) is 0.910. The molecule has 0 radical (unpaired) electrons. The first-order valence-electron chi connectivity index (χ1n) is 7.73. The molecule has 1 aliphatic heterocycles. The highest BCUT2D eigenvalue weighted by molar-refractivity contribution is 5.94. The number of hydrogen-bond acceptors (Lipinski definition) is 3. The number of carboxylic acid groups (broad SMARTS) is 1. The van der Waals surface area contributed by atoms with Crippen LogP contribution >= 0.6 is 0 Å². The summed E-state index contributed by atoms with van der Waals surface area (Å²) in [6.45, 7) is 2.06. The average Bonchev–Trinajstić information content (AvgIpc) is 2.95. The number of aliphatic carboxylic acids is 1. The number of rotatable bonds is 5. The standard InChI is InChI=1S/C19H19NO3/c1-2-19(15-11-7-4-8-12-15)18(14-9-5-3-6-10-14)23-16(20-19)13-17(21)22/h3-12,18H,2,13H2,1H3,(H,21,22). The molecule has 4 nitrogen and oxygen atoms in total. The van der Waals surface area contributed by atoms with Gasteiger partial charge in [0.2, 0.25) is 0 Å². The van der Waals surface area contributed by atoms with Crippen molar-refractivity contribution in [3.8, 4) is 0 Å². The minimum absolute atomic E-state index is 0.197. The highest BCUT2D eigenvalue weighted by Crippen LogP contribution is 2.48. The third-order valence-corrected chi connectivity index (χ3v) is 4.23. The maximum absolute atomic E-state index is 11.1. The van der Waals surface area contributed by atoms with Crippen LogP contribution in [0.3, 0.4) is 0 Å². The zero-order chi connectivity index (χ0) is 16.3. The zero-order valence-electron chi connectivity index (χ0n) is 13.0. The molecule has 0 saturated carbocycles. The third kappa shape index (κ3) is 2.84. The molecule has 0 spiro atoms. The van der Waals surface area contributed by atoms with E-state index in [1.54, 1.807) is 0 Å². The van der Waals surface area contributed by atoms with E-state index in [4.69, 9.17) is 14.8 Å². The topological polar surface area (TPSA) is 58.9 Å². The Labute approximate surface area is 135 Å². The average molecular weight is 309 g/mol. The number of aliphatic imine (C=N–C) groups is 1. The van der Waals surface area contributed by atoms with Gasteiger partial charge in [-0.3, -0.25) is 4.79 Å². The number of carbonyl (C=O) groups is 1. The molecule has 2 unspecified atom stereocenters. The minimum atomic E-state index is -0.935. The van der Waals surface area contributed by atoms with E-state index in [2.05, 4.69) is 6.92 Å². The fraction of sp³-hybridized carbons (Fsp3) is 0.263. The molecule has 2 atom stereocenters. The van der Waals surface area contributed by atoms with Gasteiger partial charge in [0.1, 0.15) is 12.0 Å². The van der Waals surface area contributed by atoms with Crippen molar-refractivity contribution in [1.82, 2.24) is 0 Å². The number of nitrogens with zero attached hydrogens (tertiary/aromatic N) is 1. The van der Waals surface area contributed by atoms with Crippen LogP contribution in [-0.4, -0.2) is 17.0 Å². The fourth-order valence-corrected chi connectivity index (χ4v) is 3.13. The first kappa shape index (κ1) is 15.3. The lowest BCUT2D eigenvalue weighted by Gasteiger charge is -2.31. The van der Waals surface area contributed by atoms with Gasteiger partial charge in [0, 0.05) is 0 Å². The van der Waals surface area contributed by atoms with Gasteiger partial charge in [-0.25, -0.2) is 4.99 Å². The van der Waals surface area contributed by atoms with E-state index < -0.39 is 11.5 Å². The molecule has 0 aliphatic carbocycles. The molecule has 1 N–H and O–H groups in total. The maximum atomic E-state index is 11.1. The van der Waals surface area contributed by atoms with Crippen LogP contribution in [0.25, 0.3) is 0 Å². The Kier molecular flexibility index (Phi) is 4.15. The monoisotopic (exact) mass is 309 g/mol. The Morgan fingerprint density at radius 2 is 1.74 bits per heavy atom. The van der Waals surface area contributed by atoms with Gasteiger partial charge in [-0.2, -0.15) is 0 Å². The minimum Gasteiger partial charge on any atom is -0.481 e. The first-order valence-corrected chi connectivity index (χ1v) is 7.73. The highest BCUT2D eigenvalue weighted by Gasteiger charge is 2.47. The van der Waals surface area contributed by atoms with Crippen molar-refractivity contribution in [1.29, 1.82) is 0 Å². The van der Waals surface area contributed by atoms with Crippen LogP contribution in [0.5, 0.6) is 0 Å². The molecule has 1 heterocycles. The molecule has 2 aromatic rings. The molecule has 0 saturated heterocycles. The molecule has 3 rings (SSSR count). The van der Waals surface area contributed by atoms with Crippen LogP contribution in [0.15, 0.2) is 65.7 Å². The lowest BCUT2D eigenvalue weighted by atomic mass is 9.80. The van der Waals surface area contributed by atoms with Crippen molar-refractivity contribution in [2.24, 2.45) is 4.99 Å². The molecular formula is C19H19NO3. The van der Waals surface area contributed by atoms with Crippen molar-refractivity contribution in [2.45, 2.75) is 31.4 Å². The molecule has 0 amide bonds. The lowest BCUT2D eigenvalue weighted by molar-refractivity contribution is -0.135. The molecule has 0 bridgehead atoms. The molecule has 0 aromatic heterocycles. The van der Waals surface area contributed by atoms with Crippen LogP contribution < -0.4 is 0 Å². The fourth-order valence-electron chi connectivity index (χ4n) is 3.13. The van der Waals surface area contributed by atoms with E-state index in [0.717, 1.165) is 17.5 Å². The summed E-state index contributed by atoms with van der Waals surface area (Å²) in [6.07, 6.45) is 0.211. The molecular weight excluding hydrogens is 290 g/mol. The Bertz CT molecular complexity index is 712. The van der Waals surface area contributed by atoms with Crippen molar-refractivity contribution in [3.05, 3.63) is 71.8 Å². The Hall–Kier alpha value is -2.62. The van der Waals surface area contributed by atoms with Gasteiger partial charge in [-0.15, -0.1) is 0 Å². The Balaban J connectivity index is 2.09. The van der Waals surface area contributed by atoms with E-state index in [0.29, 0.717) is 0 Å². The predicted octanol–water partition coefficient (Wildman–Crippen LogP) is 3.94. The highest BCUT2D eigenvalue weighted by atomic mass is 16.5. The summed E-state index contributed by atoms with van der Waals surface area (Å²) in [5, 5.41) is 9.08. The second-order valence-electron chi connectivity index (χ2n) is 5.63. The summed E-state index contributed by atoms with van der Waals surface area (Å²) in [5.74, 6) is -0.646. The number of benzene rings is 2. The van der Waals surface area contributed by atoms with Crippen molar-refractivity contribution < 1.29 is 14.6 Å². The molecule has 0 fully saturated rings. The van der Waals surface area contributed by atoms with E-state index in [1.165, 1.54) is 0 Å². The van der Waals surface area contributed by atoms with Gasteiger partial charge < -0.3 is 9.84 Å². The van der Waals surface area contributed by atoms with E-state index >= 15 is 0 Å². The second kappa shape index (κ2) is 6.24. The second-order valence-corrected chi connectivity index (χ2v) is 5.63. The summed E-state index contributed by atoms with van der Waals surface area (Å²) < 4.78 is 5.99. The Morgan fingerprint density at radius 1 is 1.13 bits per heavy atom. The smallest absolute Gasteiger partial charge is 0.312 e. The van der Waals surface area contributed by atoms with Gasteiger partial charge in [0.25, 0.3) is 0 Å². The third-order valence-electron chi connectivity index (χ3n) is 4.23. The normalized spacial score (nSPS) is 23.2. The summed E-state index contributed by atoms with van der Waals surface area (Å²) in [4.78, 5) is 15.8. The molecule has 4 heteroatoms. The van der Waals surface area contributed by atoms with Crippen molar-refractivity contribution in [2.75, 3.05) is 0 Å². The van der Waals surface area contributed by atoms with Crippen molar-refractivity contribution in [3.63, 3.8) is 0 Å². The first-order chi connectivity index (χ1) is 11.2. The predicted molar refractivity (Wildman–Crippen MR) is 88.4 cm³/mol. The van der Waals surface area contributed by atoms with E-state index in [9.17, 15) is 4.79 Å². The molecule has 2 aromatic carbocycles. The number of hydrogen-bond donors (Lipinski definition) is 1. The van der Waals surface area contributed by atoms with Crippen molar-refractivity contribution >= 4 is 11.9 Å². The van der Waals surface area contributed by atoms with E-state index in [1.807, 2.05) is 60.7 Å². The van der Waals surface area contributed by atoms with Gasteiger partial charge in [0.05, 0.1) is 0 Å². The zero-order valence-corrected chi connectivity index (χ0v) is 13.0. The largest absolute Gasteiger partial charge is 0.481 e. The van der Waals surface area contributed by atoms with Crippen LogP contribution in [0.1, 0.15) is 37.0 Å². The SMILES string of the molecule is CCC1(c2ccccc2)N=C(CC(=O)O)OC1c1ccccc1. The Morgan fingerprint density at radius 3 is 2.30 bits per heavy atom. The maximum Gasteiger partial charge on any atom is 0.312 e. The van der Waals surface area contributed by atoms with Crippen LogP contribution in [0, 0.1) is 0 Å². The van der Waals surface area contributed by atoms with Gasteiger partial charge >= 0.3 is 5.97 Å². The lowest BCUT2D eigenvalue weighted by Crippen LogP contribution is -2.28. The summed E-state index contributed by atoms with van der Waals surface area (Å²) in [6, 6.07) is 19.8. The molecule has 23 heavy (non-hydrogen) atoms. The van der Waals surface area contributed by atoms with Crippen LogP contribution in [0.2, 0.25) is 0 Å². The van der Waals surface area contributed by atoms with Crippen LogP contribution in [-0.2, 0) is 15.1 Å². The molecule has 118 valence electrons. The summed E-state index contributed by atoms with van der Waals surface area (Å²) in [7, 11) is 0. The summed E-state index contributed by atoms with van der Waals surface area (Å²) >= 11 is 0. The van der Waals surface area contributed by atoms with Gasteiger partial charge in [0.15, 0.2) is 12.0 Å². The van der Waals surface area contributed by atoms with Gasteiger partial charge in [-0.05, 0) is 17.5 Å². The van der Waals surface area contributed by atoms with E-state index in [-0.39, 0.29) is 18.4 Å². The number of carboxylic acids is 1. The van der Waals surface area contributed by atoms with Crippen LogP contribution in [0.4, 0.5) is 0 Å². The summed E-state index contributed by atoms with van der Waals surface area (Å²) in [5.41, 5.74) is 1.45. The van der Waals surface area contributed by atoms with Gasteiger partial charge in [-0.1, -0.05) is 67.6 Å². The number of ether oxygens (including phenoxy) is 1.